The van der Waals surface area contributed by atoms with Crippen LogP contribution < -0.4 is 4.74 Å². The predicted molar refractivity (Wildman–Crippen MR) is 181 cm³/mol. The fourth-order valence-electron chi connectivity index (χ4n) is 3.55. The monoisotopic (exact) mass is 610 g/mol. The third-order valence-corrected chi connectivity index (χ3v) is 17.6. The van der Waals surface area contributed by atoms with Gasteiger partial charge in [-0.25, -0.2) is 4.79 Å². The Hall–Kier alpha value is -2.46. The van der Waals surface area contributed by atoms with Gasteiger partial charge in [0.25, 0.3) is 0 Å². The quantitative estimate of drug-likeness (QED) is 0.0978. The molecule has 0 atom stereocenters. The predicted octanol–water partition coefficient (Wildman–Crippen LogP) is 9.83. The molecule has 5 nitrogen and oxygen atoms in total. The second kappa shape index (κ2) is 14.8. The van der Waals surface area contributed by atoms with Crippen LogP contribution in [0.2, 0.25) is 36.3 Å². The lowest BCUT2D eigenvalue weighted by atomic mass is 10.0. The van der Waals surface area contributed by atoms with Crippen molar-refractivity contribution in [3.05, 3.63) is 82.9 Å². The third-order valence-electron chi connectivity index (χ3n) is 8.62. The first kappa shape index (κ1) is 35.7. The maximum absolute atomic E-state index is 11.6. The molecule has 0 N–H and O–H groups in total. The molecule has 2 aromatic rings. The molecule has 7 heteroatoms. The van der Waals surface area contributed by atoms with E-state index in [9.17, 15) is 4.79 Å². The van der Waals surface area contributed by atoms with Gasteiger partial charge in [-0.1, -0.05) is 78.0 Å². The van der Waals surface area contributed by atoms with Crippen LogP contribution in [0.4, 0.5) is 0 Å². The van der Waals surface area contributed by atoms with E-state index >= 15 is 0 Å². The van der Waals surface area contributed by atoms with E-state index in [2.05, 4.69) is 98.1 Å². The van der Waals surface area contributed by atoms with Crippen LogP contribution in [0.1, 0.15) is 77.6 Å². The van der Waals surface area contributed by atoms with Crippen molar-refractivity contribution in [2.75, 3.05) is 6.61 Å². The number of rotatable bonds is 13. The lowest BCUT2D eigenvalue weighted by Crippen LogP contribution is -2.41. The third kappa shape index (κ3) is 10.7. The van der Waals surface area contributed by atoms with Crippen molar-refractivity contribution in [3.63, 3.8) is 0 Å². The summed E-state index contributed by atoms with van der Waals surface area (Å²) in [5, 5.41) is 0.276. The SMILES string of the molecule is CCOC(=O)C=CC=C(C)c1cccc(COc2ccc(CO[Si](C)(C)C(C)(C)C)c(CO[Si](C)(C)C(C)(C)C)c2)c1. The second-order valence-electron chi connectivity index (χ2n) is 14.0. The molecule has 0 fully saturated rings. The minimum Gasteiger partial charge on any atom is -0.489 e. The van der Waals surface area contributed by atoms with Gasteiger partial charge < -0.3 is 18.3 Å². The summed E-state index contributed by atoms with van der Waals surface area (Å²) in [6, 6.07) is 14.6. The Morgan fingerprint density at radius 2 is 1.40 bits per heavy atom. The van der Waals surface area contributed by atoms with Gasteiger partial charge in [-0.2, -0.15) is 0 Å². The van der Waals surface area contributed by atoms with Gasteiger partial charge in [-0.3, -0.25) is 0 Å². The Morgan fingerprint density at radius 3 is 1.98 bits per heavy atom. The number of hydrogen-bond acceptors (Lipinski definition) is 5. The molecule has 0 aliphatic carbocycles. The van der Waals surface area contributed by atoms with Crippen molar-refractivity contribution in [3.8, 4) is 5.75 Å². The zero-order valence-electron chi connectivity index (χ0n) is 28.1. The normalized spacial score (nSPS) is 13.5. The number of carbonyl (C=O) groups excluding carboxylic acids is 1. The van der Waals surface area contributed by atoms with E-state index in [4.69, 9.17) is 18.3 Å². The molecule has 42 heavy (non-hydrogen) atoms. The van der Waals surface area contributed by atoms with Crippen molar-refractivity contribution >= 4 is 28.2 Å². The fraction of sp³-hybridized carbons (Fsp3) is 0.514. The van der Waals surface area contributed by atoms with Crippen molar-refractivity contribution in [2.45, 2.75) is 111 Å². The molecule has 0 radical (unpaired) electrons. The Kier molecular flexibility index (Phi) is 12.6. The molecule has 0 bridgehead atoms. The summed E-state index contributed by atoms with van der Waals surface area (Å²) in [5.41, 5.74) is 5.47. The Morgan fingerprint density at radius 1 is 0.810 bits per heavy atom. The summed E-state index contributed by atoms with van der Waals surface area (Å²) < 4.78 is 24.5. The number of benzene rings is 2. The van der Waals surface area contributed by atoms with E-state index in [1.807, 2.05) is 25.1 Å². The van der Waals surface area contributed by atoms with Crippen molar-refractivity contribution in [1.29, 1.82) is 0 Å². The standard InChI is InChI=1S/C35H54O5Si2/c1-13-37-33(36)19-14-16-27(2)29-18-15-17-28(22-29)24-38-32-21-20-30(25-39-41(9,10)34(3,4)5)31(23-32)26-40-42(11,12)35(6,7)8/h14-23H,13,24-26H2,1-12H3. The zero-order valence-corrected chi connectivity index (χ0v) is 30.1. The molecule has 0 aliphatic rings. The summed E-state index contributed by atoms with van der Waals surface area (Å²) in [6.07, 6.45) is 5.07. The molecule has 0 amide bonds. The maximum Gasteiger partial charge on any atom is 0.330 e. The summed E-state index contributed by atoms with van der Waals surface area (Å²) in [7, 11) is -3.84. The number of allylic oxidation sites excluding steroid dienone is 3. The molecule has 2 aromatic carbocycles. The molecule has 232 valence electrons. The zero-order chi connectivity index (χ0) is 31.8. The summed E-state index contributed by atoms with van der Waals surface area (Å²) in [4.78, 5) is 11.6. The molecule has 0 aromatic heterocycles. The highest BCUT2D eigenvalue weighted by molar-refractivity contribution is 6.74. The lowest BCUT2D eigenvalue weighted by molar-refractivity contribution is -0.137. The van der Waals surface area contributed by atoms with Gasteiger partial charge in [0, 0.05) is 6.08 Å². The minimum absolute atomic E-state index is 0.130. The van der Waals surface area contributed by atoms with E-state index in [-0.39, 0.29) is 16.0 Å². The van der Waals surface area contributed by atoms with Crippen LogP contribution in [-0.4, -0.2) is 29.2 Å². The van der Waals surface area contributed by atoms with Gasteiger partial charge >= 0.3 is 5.97 Å². The highest BCUT2D eigenvalue weighted by Gasteiger charge is 2.38. The summed E-state index contributed by atoms with van der Waals surface area (Å²) >= 11 is 0. The number of hydrogen-bond donors (Lipinski definition) is 0. The van der Waals surface area contributed by atoms with E-state index < -0.39 is 16.6 Å². The van der Waals surface area contributed by atoms with Crippen LogP contribution in [0.3, 0.4) is 0 Å². The Labute approximate surface area is 257 Å². The molecule has 0 saturated heterocycles. The van der Waals surface area contributed by atoms with Crippen LogP contribution in [0.15, 0.2) is 60.7 Å². The van der Waals surface area contributed by atoms with Crippen LogP contribution in [0, 0.1) is 0 Å². The molecule has 0 saturated carbocycles. The van der Waals surface area contributed by atoms with E-state index in [1.165, 1.54) is 6.08 Å². The van der Waals surface area contributed by atoms with Crippen LogP contribution in [-0.2, 0) is 38.2 Å². The van der Waals surface area contributed by atoms with Crippen LogP contribution in [0.5, 0.6) is 5.75 Å². The summed E-state index contributed by atoms with van der Waals surface area (Å²) in [5.74, 6) is 0.477. The summed E-state index contributed by atoms with van der Waals surface area (Å²) in [6.45, 7) is 28.5. The smallest absolute Gasteiger partial charge is 0.330 e. The van der Waals surface area contributed by atoms with Gasteiger partial charge in [0.2, 0.25) is 0 Å². The molecule has 2 rings (SSSR count). The van der Waals surface area contributed by atoms with Crippen molar-refractivity contribution in [2.24, 2.45) is 0 Å². The van der Waals surface area contributed by atoms with E-state index in [0.717, 1.165) is 33.6 Å². The highest BCUT2D eigenvalue weighted by atomic mass is 28.4. The van der Waals surface area contributed by atoms with E-state index in [0.29, 0.717) is 26.4 Å². The first-order chi connectivity index (χ1) is 19.4. The lowest BCUT2D eigenvalue weighted by Gasteiger charge is -2.37. The molecule has 0 aliphatic heterocycles. The van der Waals surface area contributed by atoms with Gasteiger partial charge in [0.15, 0.2) is 16.6 Å². The molecule has 0 spiro atoms. The second-order valence-corrected chi connectivity index (χ2v) is 23.6. The number of ether oxygens (including phenoxy) is 2. The first-order valence-electron chi connectivity index (χ1n) is 15.0. The van der Waals surface area contributed by atoms with Crippen LogP contribution in [0.25, 0.3) is 5.57 Å². The number of carbonyl (C=O) groups is 1. The fourth-order valence-corrected chi connectivity index (χ4v) is 5.45. The largest absolute Gasteiger partial charge is 0.489 e. The molecular formula is C35H54O5Si2. The van der Waals surface area contributed by atoms with Crippen molar-refractivity contribution in [1.82, 2.24) is 0 Å². The molecule has 0 unspecified atom stereocenters. The van der Waals surface area contributed by atoms with E-state index in [1.54, 1.807) is 13.0 Å². The van der Waals surface area contributed by atoms with Gasteiger partial charge in [0.1, 0.15) is 12.4 Å². The molecule has 0 heterocycles. The average Bonchev–Trinajstić information content (AvgIpc) is 2.89. The number of esters is 1. The Bertz CT molecular complexity index is 1250. The van der Waals surface area contributed by atoms with Crippen molar-refractivity contribution < 1.29 is 23.1 Å². The van der Waals surface area contributed by atoms with Gasteiger partial charge in [-0.15, -0.1) is 0 Å². The highest BCUT2D eigenvalue weighted by Crippen LogP contribution is 2.39. The van der Waals surface area contributed by atoms with Gasteiger partial charge in [-0.05, 0) is 96.1 Å². The topological polar surface area (TPSA) is 54.0 Å². The average molecular weight is 611 g/mol. The molecular weight excluding hydrogens is 557 g/mol. The minimum atomic E-state index is -1.93. The first-order valence-corrected chi connectivity index (χ1v) is 20.8. The van der Waals surface area contributed by atoms with Crippen LogP contribution >= 0.6 is 0 Å². The Balaban J connectivity index is 2.23. The maximum atomic E-state index is 11.6. The van der Waals surface area contributed by atoms with Gasteiger partial charge in [0.05, 0.1) is 19.8 Å².